The minimum absolute atomic E-state index is 0.403. The highest BCUT2D eigenvalue weighted by atomic mass is 79.9. The van der Waals surface area contributed by atoms with Crippen molar-refractivity contribution in [1.82, 2.24) is 5.32 Å². The molecule has 25 heavy (non-hydrogen) atoms. The summed E-state index contributed by atoms with van der Waals surface area (Å²) < 4.78 is 11.3. The van der Waals surface area contributed by atoms with Crippen LogP contribution in [0.5, 0.6) is 5.75 Å². The number of halogens is 1. The summed E-state index contributed by atoms with van der Waals surface area (Å²) >= 11 is 3.34. The van der Waals surface area contributed by atoms with Crippen molar-refractivity contribution in [3.05, 3.63) is 64.1 Å². The number of ether oxygens (including phenoxy) is 2. The van der Waals surface area contributed by atoms with Crippen LogP contribution in [0.3, 0.4) is 0 Å². The van der Waals surface area contributed by atoms with Gasteiger partial charge in [0.2, 0.25) is 0 Å². The lowest BCUT2D eigenvalue weighted by Gasteiger charge is -2.20. The van der Waals surface area contributed by atoms with Gasteiger partial charge in [-0.25, -0.2) is 4.79 Å². The van der Waals surface area contributed by atoms with Crippen LogP contribution in [0.15, 0.2) is 53.0 Å². The van der Waals surface area contributed by atoms with Gasteiger partial charge in [-0.2, -0.15) is 0 Å². The number of esters is 1. The van der Waals surface area contributed by atoms with Gasteiger partial charge in [-0.1, -0.05) is 40.2 Å². The van der Waals surface area contributed by atoms with E-state index in [2.05, 4.69) is 21.2 Å². The maximum Gasteiger partial charge on any atom is 0.333 e. The summed E-state index contributed by atoms with van der Waals surface area (Å²) in [5.41, 5.74) is 1.67. The summed E-state index contributed by atoms with van der Waals surface area (Å²) in [5.74, 6) is -0.348. The highest BCUT2D eigenvalue weighted by Gasteiger charge is 2.26. The molecule has 0 fully saturated rings. The Kier molecular flexibility index (Phi) is 6.58. The lowest BCUT2D eigenvalue weighted by molar-refractivity contribution is -0.146. The largest absolute Gasteiger partial charge is 0.481 e. The Labute approximate surface area is 155 Å². The van der Waals surface area contributed by atoms with Crippen molar-refractivity contribution >= 4 is 27.8 Å². The van der Waals surface area contributed by atoms with Crippen molar-refractivity contribution in [3.63, 3.8) is 0 Å². The topological polar surface area (TPSA) is 64.6 Å². The first-order valence-electron chi connectivity index (χ1n) is 7.77. The van der Waals surface area contributed by atoms with E-state index in [1.165, 1.54) is 7.11 Å². The van der Waals surface area contributed by atoms with Gasteiger partial charge in [0.1, 0.15) is 5.75 Å². The standard InChI is InChI=1S/C19H20BrNO4/c1-12-5-4-6-16(11-12)25-13(2)18(22)21-17(19(23)24-3)14-7-9-15(20)10-8-14/h4-11,13,17H,1-3H3,(H,21,22). The van der Waals surface area contributed by atoms with Crippen molar-refractivity contribution in [2.24, 2.45) is 0 Å². The van der Waals surface area contributed by atoms with Gasteiger partial charge < -0.3 is 14.8 Å². The molecule has 2 rings (SSSR count). The van der Waals surface area contributed by atoms with Crippen molar-refractivity contribution in [3.8, 4) is 5.75 Å². The molecule has 0 aromatic heterocycles. The van der Waals surface area contributed by atoms with E-state index in [9.17, 15) is 9.59 Å². The third kappa shape index (κ3) is 5.32. The lowest BCUT2D eigenvalue weighted by Crippen LogP contribution is -2.41. The first-order chi connectivity index (χ1) is 11.9. The second kappa shape index (κ2) is 8.67. The minimum atomic E-state index is -0.894. The Balaban J connectivity index is 2.10. The molecule has 0 heterocycles. The first-order valence-corrected chi connectivity index (χ1v) is 8.57. The van der Waals surface area contributed by atoms with Crippen LogP contribution in [-0.2, 0) is 14.3 Å². The molecule has 6 heteroatoms. The van der Waals surface area contributed by atoms with E-state index in [1.807, 2.05) is 25.1 Å². The number of carbonyl (C=O) groups excluding carboxylic acids is 2. The van der Waals surface area contributed by atoms with Gasteiger partial charge in [-0.3, -0.25) is 4.79 Å². The number of aryl methyl sites for hydroxylation is 1. The summed E-state index contributed by atoms with van der Waals surface area (Å²) in [6.07, 6.45) is -0.760. The fraction of sp³-hybridized carbons (Fsp3) is 0.263. The van der Waals surface area contributed by atoms with Gasteiger partial charge in [-0.15, -0.1) is 0 Å². The second-order valence-corrected chi connectivity index (χ2v) is 6.51. The monoisotopic (exact) mass is 405 g/mol. The SMILES string of the molecule is COC(=O)C(NC(=O)C(C)Oc1cccc(C)c1)c1ccc(Br)cc1. The summed E-state index contributed by atoms with van der Waals surface area (Å²) in [6, 6.07) is 13.6. The minimum Gasteiger partial charge on any atom is -0.481 e. The van der Waals surface area contributed by atoms with Crippen molar-refractivity contribution < 1.29 is 19.1 Å². The predicted octanol–water partition coefficient (Wildman–Crippen LogP) is 3.56. The van der Waals surface area contributed by atoms with Crippen molar-refractivity contribution in [2.75, 3.05) is 7.11 Å². The van der Waals surface area contributed by atoms with Crippen LogP contribution in [0.2, 0.25) is 0 Å². The second-order valence-electron chi connectivity index (χ2n) is 5.59. The first kappa shape index (κ1) is 19.0. The normalized spacial score (nSPS) is 12.8. The molecule has 1 amide bonds. The summed E-state index contributed by atoms with van der Waals surface area (Å²) in [5, 5.41) is 2.68. The van der Waals surface area contributed by atoms with E-state index in [1.54, 1.807) is 37.3 Å². The maximum atomic E-state index is 12.5. The molecular formula is C19H20BrNO4. The molecule has 0 radical (unpaired) electrons. The van der Waals surface area contributed by atoms with Crippen LogP contribution >= 0.6 is 15.9 Å². The number of hydrogen-bond donors (Lipinski definition) is 1. The number of amides is 1. The number of benzene rings is 2. The van der Waals surface area contributed by atoms with E-state index in [-0.39, 0.29) is 0 Å². The predicted molar refractivity (Wildman–Crippen MR) is 98.3 cm³/mol. The smallest absolute Gasteiger partial charge is 0.333 e. The maximum absolute atomic E-state index is 12.5. The Morgan fingerprint density at radius 3 is 2.40 bits per heavy atom. The molecule has 0 bridgehead atoms. The van der Waals surface area contributed by atoms with Crippen LogP contribution in [0.1, 0.15) is 24.1 Å². The number of nitrogens with one attached hydrogen (secondary N) is 1. The lowest BCUT2D eigenvalue weighted by atomic mass is 10.1. The van der Waals surface area contributed by atoms with Crippen LogP contribution in [-0.4, -0.2) is 25.1 Å². The average Bonchev–Trinajstić information content (AvgIpc) is 2.59. The zero-order valence-electron chi connectivity index (χ0n) is 14.3. The third-order valence-electron chi connectivity index (χ3n) is 3.60. The van der Waals surface area contributed by atoms with Gasteiger partial charge >= 0.3 is 5.97 Å². The van der Waals surface area contributed by atoms with Gasteiger partial charge in [0.25, 0.3) is 5.91 Å². The van der Waals surface area contributed by atoms with E-state index < -0.39 is 24.0 Å². The molecule has 2 unspecified atom stereocenters. The molecule has 0 spiro atoms. The summed E-state index contributed by atoms with van der Waals surface area (Å²) in [4.78, 5) is 24.5. The van der Waals surface area contributed by atoms with E-state index in [4.69, 9.17) is 9.47 Å². The van der Waals surface area contributed by atoms with E-state index in [0.29, 0.717) is 11.3 Å². The third-order valence-corrected chi connectivity index (χ3v) is 4.13. The molecular weight excluding hydrogens is 386 g/mol. The van der Waals surface area contributed by atoms with Crippen molar-refractivity contribution in [1.29, 1.82) is 0 Å². The molecule has 2 aromatic rings. The van der Waals surface area contributed by atoms with Crippen LogP contribution in [0.25, 0.3) is 0 Å². The highest BCUT2D eigenvalue weighted by Crippen LogP contribution is 2.19. The Bertz CT molecular complexity index is 745. The van der Waals surface area contributed by atoms with Gasteiger partial charge in [0, 0.05) is 4.47 Å². The molecule has 1 N–H and O–H groups in total. The van der Waals surface area contributed by atoms with Gasteiger partial charge in [0.15, 0.2) is 12.1 Å². The van der Waals surface area contributed by atoms with Crippen LogP contribution in [0, 0.1) is 6.92 Å². The number of hydrogen-bond acceptors (Lipinski definition) is 4. The molecule has 5 nitrogen and oxygen atoms in total. The van der Waals surface area contributed by atoms with Gasteiger partial charge in [0.05, 0.1) is 7.11 Å². The Morgan fingerprint density at radius 2 is 1.80 bits per heavy atom. The average molecular weight is 406 g/mol. The van der Waals surface area contributed by atoms with Crippen molar-refractivity contribution in [2.45, 2.75) is 26.0 Å². The Hall–Kier alpha value is -2.34. The molecule has 0 saturated carbocycles. The van der Waals surface area contributed by atoms with E-state index >= 15 is 0 Å². The molecule has 0 aliphatic carbocycles. The molecule has 0 aliphatic heterocycles. The molecule has 2 aromatic carbocycles. The molecule has 132 valence electrons. The number of methoxy groups -OCH3 is 1. The molecule has 2 atom stereocenters. The summed E-state index contributed by atoms with van der Waals surface area (Å²) in [6.45, 7) is 3.58. The Morgan fingerprint density at radius 1 is 1.12 bits per heavy atom. The van der Waals surface area contributed by atoms with Gasteiger partial charge in [-0.05, 0) is 49.2 Å². The summed E-state index contributed by atoms with van der Waals surface area (Å²) in [7, 11) is 1.28. The zero-order valence-corrected chi connectivity index (χ0v) is 15.9. The van der Waals surface area contributed by atoms with Crippen LogP contribution in [0.4, 0.5) is 0 Å². The zero-order chi connectivity index (χ0) is 18.4. The number of carbonyl (C=O) groups is 2. The highest BCUT2D eigenvalue weighted by molar-refractivity contribution is 9.10. The fourth-order valence-corrected chi connectivity index (χ4v) is 2.52. The number of rotatable bonds is 6. The van der Waals surface area contributed by atoms with E-state index in [0.717, 1.165) is 10.0 Å². The quantitative estimate of drug-likeness (QED) is 0.746. The van der Waals surface area contributed by atoms with Crippen LogP contribution < -0.4 is 10.1 Å². The molecule has 0 saturated heterocycles. The fourth-order valence-electron chi connectivity index (χ4n) is 2.26. The molecule has 0 aliphatic rings.